The number of carbonyl (C=O) groups is 1. The predicted octanol–water partition coefficient (Wildman–Crippen LogP) is 5.71. The van der Waals surface area contributed by atoms with E-state index < -0.39 is 11.8 Å². The molecule has 1 aliphatic carbocycles. The number of aromatic carboxylic acids is 1. The van der Waals surface area contributed by atoms with Crippen LogP contribution in [-0.2, 0) is 23.6 Å². The molecule has 0 spiro atoms. The molecule has 8 rings (SSSR count). The summed E-state index contributed by atoms with van der Waals surface area (Å²) in [4.78, 5) is 23.5. The highest BCUT2D eigenvalue weighted by Crippen LogP contribution is 2.62. The number of rotatable bonds is 7. The van der Waals surface area contributed by atoms with Gasteiger partial charge in [0.15, 0.2) is 11.5 Å². The summed E-state index contributed by atoms with van der Waals surface area (Å²) in [5, 5.41) is 10.5. The van der Waals surface area contributed by atoms with Crippen molar-refractivity contribution in [2.24, 2.45) is 11.8 Å². The Balaban J connectivity index is 1.01. The van der Waals surface area contributed by atoms with Crippen LogP contribution in [0.3, 0.4) is 0 Å². The van der Waals surface area contributed by atoms with E-state index in [2.05, 4.69) is 20.5 Å². The van der Waals surface area contributed by atoms with Crippen LogP contribution in [0.2, 0.25) is 10.0 Å². The Labute approximate surface area is 251 Å². The van der Waals surface area contributed by atoms with E-state index in [1.54, 1.807) is 18.3 Å². The van der Waals surface area contributed by atoms with Crippen LogP contribution in [0.1, 0.15) is 46.7 Å². The molecule has 2 saturated heterocycles. The Morgan fingerprint density at radius 1 is 1.14 bits per heavy atom. The van der Waals surface area contributed by atoms with E-state index in [0.717, 1.165) is 49.0 Å². The maximum absolute atomic E-state index is 11.7. The molecule has 11 heteroatoms. The predicted molar refractivity (Wildman–Crippen MR) is 155 cm³/mol. The SMILES string of the molecule is C[C@@]1(c2ccc(Cl)cn2)Oc2cccc([C@H]3[C@@H]4CN(Cc5nc6c(Cl)cc(C(=O)O)cc6n5C[C@@H]5CCO5)C[C@@H]43)c2O1. The van der Waals surface area contributed by atoms with Crippen LogP contribution in [0.25, 0.3) is 11.0 Å². The smallest absolute Gasteiger partial charge is 0.335 e. The molecule has 5 heterocycles. The van der Waals surface area contributed by atoms with Gasteiger partial charge >= 0.3 is 5.97 Å². The van der Waals surface area contributed by atoms with Gasteiger partial charge in [0.25, 0.3) is 5.79 Å². The number of likely N-dealkylation sites (tertiary alicyclic amines) is 1. The summed E-state index contributed by atoms with van der Waals surface area (Å²) in [6.07, 6.45) is 2.67. The molecular formula is C31H28Cl2N4O5. The molecule has 1 N–H and O–H groups in total. The van der Waals surface area contributed by atoms with Crippen molar-refractivity contribution in [2.45, 2.75) is 44.2 Å². The molecule has 3 fully saturated rings. The number of imidazole rings is 1. The average molecular weight is 607 g/mol. The van der Waals surface area contributed by atoms with Gasteiger partial charge in [-0.2, -0.15) is 0 Å². The zero-order valence-electron chi connectivity index (χ0n) is 22.8. The zero-order chi connectivity index (χ0) is 28.7. The highest BCUT2D eigenvalue weighted by molar-refractivity contribution is 6.35. The quantitative estimate of drug-likeness (QED) is 0.285. The molecule has 0 unspecified atom stereocenters. The van der Waals surface area contributed by atoms with Gasteiger partial charge in [0.2, 0.25) is 0 Å². The molecule has 2 aromatic carbocycles. The molecular weight excluding hydrogens is 579 g/mol. The summed E-state index contributed by atoms with van der Waals surface area (Å²) in [5.74, 6) is 1.81. The molecule has 0 amide bonds. The van der Waals surface area contributed by atoms with Gasteiger partial charge in [-0.1, -0.05) is 35.3 Å². The topological polar surface area (TPSA) is 98.9 Å². The number of piperidine rings is 1. The third-order valence-corrected chi connectivity index (χ3v) is 9.62. The lowest BCUT2D eigenvalue weighted by atomic mass is 10.0. The number of hydrogen-bond donors (Lipinski definition) is 1. The van der Waals surface area contributed by atoms with Gasteiger partial charge in [0.05, 0.1) is 40.3 Å². The lowest BCUT2D eigenvalue weighted by Crippen LogP contribution is -2.33. The second-order valence-electron chi connectivity index (χ2n) is 11.8. The Kier molecular flexibility index (Phi) is 5.99. The molecule has 4 aliphatic rings. The number of benzene rings is 2. The van der Waals surface area contributed by atoms with Crippen LogP contribution >= 0.6 is 23.2 Å². The van der Waals surface area contributed by atoms with Crippen LogP contribution in [0, 0.1) is 11.8 Å². The molecule has 5 atom stereocenters. The molecule has 0 bridgehead atoms. The van der Waals surface area contributed by atoms with Crippen molar-refractivity contribution in [1.29, 1.82) is 0 Å². The number of hydrogen-bond acceptors (Lipinski definition) is 7. The highest BCUT2D eigenvalue weighted by atomic mass is 35.5. The zero-order valence-corrected chi connectivity index (χ0v) is 24.3. The van der Waals surface area contributed by atoms with Crippen molar-refractivity contribution in [1.82, 2.24) is 19.4 Å². The van der Waals surface area contributed by atoms with Crippen molar-refractivity contribution in [3.05, 3.63) is 81.4 Å². The van der Waals surface area contributed by atoms with E-state index in [4.69, 9.17) is 42.4 Å². The second kappa shape index (κ2) is 9.57. The van der Waals surface area contributed by atoms with Gasteiger partial charge in [0.1, 0.15) is 17.0 Å². The number of halogens is 2. The number of para-hydroxylation sites is 1. The Morgan fingerprint density at radius 3 is 2.64 bits per heavy atom. The monoisotopic (exact) mass is 606 g/mol. The van der Waals surface area contributed by atoms with Crippen molar-refractivity contribution in [2.75, 3.05) is 19.7 Å². The van der Waals surface area contributed by atoms with Gasteiger partial charge in [-0.15, -0.1) is 0 Å². The minimum absolute atomic E-state index is 0.0981. The van der Waals surface area contributed by atoms with Crippen molar-refractivity contribution in [3.8, 4) is 11.5 Å². The molecule has 216 valence electrons. The summed E-state index contributed by atoms with van der Waals surface area (Å²) in [6, 6.07) is 12.9. The van der Waals surface area contributed by atoms with Crippen molar-refractivity contribution in [3.63, 3.8) is 0 Å². The van der Waals surface area contributed by atoms with Crippen LogP contribution in [-0.4, -0.2) is 56.3 Å². The summed E-state index contributed by atoms with van der Waals surface area (Å²) in [5.41, 5.74) is 3.38. The summed E-state index contributed by atoms with van der Waals surface area (Å²) < 4.78 is 20.5. The van der Waals surface area contributed by atoms with Gasteiger partial charge in [-0.3, -0.25) is 9.88 Å². The summed E-state index contributed by atoms with van der Waals surface area (Å²) in [7, 11) is 0. The number of carboxylic acid groups (broad SMARTS) is 1. The lowest BCUT2D eigenvalue weighted by Gasteiger charge is -2.28. The first kappa shape index (κ1) is 26.3. The van der Waals surface area contributed by atoms with Gasteiger partial charge in [-0.25, -0.2) is 9.78 Å². The first-order valence-electron chi connectivity index (χ1n) is 14.2. The van der Waals surface area contributed by atoms with Crippen molar-refractivity contribution >= 4 is 40.2 Å². The minimum atomic E-state index is -1.01. The molecule has 9 nitrogen and oxygen atoms in total. The first-order chi connectivity index (χ1) is 20.3. The Bertz CT molecular complexity index is 1730. The number of aromatic nitrogens is 3. The maximum Gasteiger partial charge on any atom is 0.335 e. The maximum atomic E-state index is 11.7. The van der Waals surface area contributed by atoms with Crippen molar-refractivity contribution < 1.29 is 24.1 Å². The molecule has 1 saturated carbocycles. The van der Waals surface area contributed by atoms with E-state index in [1.165, 1.54) is 11.6 Å². The lowest BCUT2D eigenvalue weighted by molar-refractivity contribution is -0.0721. The number of fused-ring (bicyclic) bond motifs is 3. The fourth-order valence-electron chi connectivity index (χ4n) is 6.87. The van der Waals surface area contributed by atoms with Gasteiger partial charge < -0.3 is 23.9 Å². The Morgan fingerprint density at radius 2 is 1.95 bits per heavy atom. The molecule has 2 aromatic heterocycles. The minimum Gasteiger partial charge on any atom is -0.478 e. The number of ether oxygens (including phenoxy) is 3. The fraction of sp³-hybridized carbons (Fsp3) is 0.387. The van der Waals surface area contributed by atoms with Gasteiger partial charge in [-0.05, 0) is 54.5 Å². The second-order valence-corrected chi connectivity index (χ2v) is 12.6. The van der Waals surface area contributed by atoms with Crippen LogP contribution in [0.5, 0.6) is 11.5 Å². The molecule has 4 aromatic rings. The highest BCUT2D eigenvalue weighted by Gasteiger charge is 2.58. The normalized spacial score (nSPS) is 27.7. The fourth-order valence-corrected chi connectivity index (χ4v) is 7.24. The average Bonchev–Trinajstić information content (AvgIpc) is 3.23. The van der Waals surface area contributed by atoms with Crippen LogP contribution in [0.4, 0.5) is 0 Å². The largest absolute Gasteiger partial charge is 0.478 e. The standard InChI is InChI=1S/C31H28Cl2N4O5/c1-31(25-6-5-17(32)11-34-25)41-24-4-2-3-19(29(24)42-31)27-20-13-36(14-21(20)27)15-26-35-28-22(33)9-16(30(38)39)10-23(28)37(26)12-18-7-8-40-18/h2-6,9-11,18,20-21,27H,7-8,12-15H2,1H3,(H,38,39)/t18-,20-,21+,27+,31+/m0/s1. The summed E-state index contributed by atoms with van der Waals surface area (Å²) >= 11 is 12.6. The van der Waals surface area contributed by atoms with E-state index in [1.807, 2.05) is 25.1 Å². The number of nitrogens with zero attached hydrogens (tertiary/aromatic N) is 4. The number of pyridine rings is 1. The first-order valence-corrected chi connectivity index (χ1v) is 14.9. The van der Waals surface area contributed by atoms with E-state index in [0.29, 0.717) is 52.1 Å². The number of carboxylic acids is 1. The third kappa shape index (κ3) is 4.25. The van der Waals surface area contributed by atoms with Gasteiger partial charge in [0, 0.05) is 38.4 Å². The summed E-state index contributed by atoms with van der Waals surface area (Å²) in [6.45, 7) is 5.79. The Hall–Kier alpha value is -3.37. The van der Waals surface area contributed by atoms with E-state index >= 15 is 0 Å². The van der Waals surface area contributed by atoms with Crippen LogP contribution < -0.4 is 9.47 Å². The van der Waals surface area contributed by atoms with Crippen LogP contribution in [0.15, 0.2) is 48.7 Å². The molecule has 0 radical (unpaired) electrons. The molecule has 3 aliphatic heterocycles. The molecule has 42 heavy (non-hydrogen) atoms. The van der Waals surface area contributed by atoms with E-state index in [-0.39, 0.29) is 11.7 Å². The third-order valence-electron chi connectivity index (χ3n) is 9.11. The van der Waals surface area contributed by atoms with E-state index in [9.17, 15) is 9.90 Å².